The Labute approximate surface area is 66.4 Å². The van der Waals surface area contributed by atoms with Crippen molar-refractivity contribution < 1.29 is 0 Å². The van der Waals surface area contributed by atoms with E-state index in [4.69, 9.17) is 0 Å². The number of nitrogens with zero attached hydrogens (tertiary/aromatic N) is 1. The van der Waals surface area contributed by atoms with E-state index in [0.29, 0.717) is 0 Å². The predicted molar refractivity (Wildman–Crippen MR) is 49.4 cm³/mol. The minimum atomic E-state index is 0. The highest BCUT2D eigenvalue weighted by Gasteiger charge is 1.92. The van der Waals surface area contributed by atoms with Gasteiger partial charge >= 0.3 is 0 Å². The van der Waals surface area contributed by atoms with Gasteiger partial charge in [0, 0.05) is 0 Å². The summed E-state index contributed by atoms with van der Waals surface area (Å²) >= 11 is 0. The number of hydrogen-bond donors (Lipinski definition) is 0. The first-order valence-electron chi connectivity index (χ1n) is 3.99. The van der Waals surface area contributed by atoms with Crippen LogP contribution in [-0.4, -0.2) is 25.0 Å². The van der Waals surface area contributed by atoms with Crippen LogP contribution in [0.4, 0.5) is 0 Å². The first-order chi connectivity index (χ1) is 4.31. The van der Waals surface area contributed by atoms with Crippen LogP contribution in [0.15, 0.2) is 0 Å². The van der Waals surface area contributed by atoms with Crippen LogP contribution in [0.2, 0.25) is 0 Å². The molecule has 0 bridgehead atoms. The maximum atomic E-state index is 2.39. The van der Waals surface area contributed by atoms with Gasteiger partial charge in [0.1, 0.15) is 0 Å². The lowest BCUT2D eigenvalue weighted by Gasteiger charge is -2.13. The molecule has 0 aliphatic heterocycles. The van der Waals surface area contributed by atoms with Crippen molar-refractivity contribution in [3.8, 4) is 0 Å². The van der Waals surface area contributed by atoms with Crippen LogP contribution in [0, 0.1) is 0 Å². The van der Waals surface area contributed by atoms with Crippen LogP contribution in [0.25, 0.3) is 0 Å². The molecule has 0 N–H and O–H groups in total. The van der Waals surface area contributed by atoms with E-state index >= 15 is 0 Å². The van der Waals surface area contributed by atoms with Gasteiger partial charge in [-0.1, -0.05) is 27.7 Å². The van der Waals surface area contributed by atoms with Crippen molar-refractivity contribution >= 4 is 0 Å². The standard InChI is InChI=1S/C8H19N.CH4/c1-4-6-8-9(3)7-5-2;/h4-8H2,1-3H3;1H4. The highest BCUT2D eigenvalue weighted by molar-refractivity contribution is 4.47. The van der Waals surface area contributed by atoms with Gasteiger partial charge < -0.3 is 4.90 Å². The molecule has 0 aliphatic carbocycles. The van der Waals surface area contributed by atoms with Crippen LogP contribution < -0.4 is 0 Å². The molecule has 1 heteroatoms. The lowest BCUT2D eigenvalue weighted by molar-refractivity contribution is 0.329. The molecule has 0 aromatic carbocycles. The van der Waals surface area contributed by atoms with E-state index in [1.165, 1.54) is 32.4 Å². The Morgan fingerprint density at radius 2 is 1.60 bits per heavy atom. The van der Waals surface area contributed by atoms with Gasteiger partial charge in [0.05, 0.1) is 0 Å². The molecule has 0 amide bonds. The highest BCUT2D eigenvalue weighted by atomic mass is 15.1. The van der Waals surface area contributed by atoms with E-state index in [1.54, 1.807) is 0 Å². The molecule has 0 rings (SSSR count). The zero-order valence-electron chi connectivity index (χ0n) is 6.98. The smallest absolute Gasteiger partial charge is 0.00219 e. The highest BCUT2D eigenvalue weighted by Crippen LogP contribution is 1.91. The molecule has 0 fully saturated rings. The summed E-state index contributed by atoms with van der Waals surface area (Å²) < 4.78 is 0. The number of hydrogen-bond acceptors (Lipinski definition) is 1. The Morgan fingerprint density at radius 1 is 1.00 bits per heavy atom. The second-order valence-corrected chi connectivity index (χ2v) is 2.66. The van der Waals surface area contributed by atoms with Crippen molar-refractivity contribution in [2.24, 2.45) is 0 Å². The van der Waals surface area contributed by atoms with Crippen LogP contribution >= 0.6 is 0 Å². The molecule has 64 valence electrons. The van der Waals surface area contributed by atoms with Crippen LogP contribution in [0.1, 0.15) is 40.5 Å². The average Bonchev–Trinajstić information content (AvgIpc) is 1.85. The second-order valence-electron chi connectivity index (χ2n) is 2.66. The Bertz CT molecular complexity index is 52.7. The molecule has 10 heavy (non-hydrogen) atoms. The van der Waals surface area contributed by atoms with Crippen molar-refractivity contribution in [3.63, 3.8) is 0 Å². The van der Waals surface area contributed by atoms with E-state index < -0.39 is 0 Å². The summed E-state index contributed by atoms with van der Waals surface area (Å²) in [6, 6.07) is 0. The molecule has 0 heterocycles. The molecule has 0 unspecified atom stereocenters. The molecule has 0 radical (unpaired) electrons. The third kappa shape index (κ3) is 7.96. The van der Waals surface area contributed by atoms with Gasteiger partial charge in [-0.2, -0.15) is 0 Å². The molecule has 0 atom stereocenters. The normalized spacial score (nSPS) is 9.60. The summed E-state index contributed by atoms with van der Waals surface area (Å²) in [5.74, 6) is 0. The maximum Gasteiger partial charge on any atom is -0.00219 e. The van der Waals surface area contributed by atoms with Gasteiger partial charge in [-0.25, -0.2) is 0 Å². The first kappa shape index (κ1) is 12.6. The molecular formula is C9H23N. The summed E-state index contributed by atoms with van der Waals surface area (Å²) in [7, 11) is 2.19. The third-order valence-electron chi connectivity index (χ3n) is 1.50. The topological polar surface area (TPSA) is 3.24 Å². The Morgan fingerprint density at radius 3 is 2.00 bits per heavy atom. The fourth-order valence-electron chi connectivity index (χ4n) is 0.922. The molecule has 0 saturated carbocycles. The lowest BCUT2D eigenvalue weighted by Crippen LogP contribution is -2.19. The second kappa shape index (κ2) is 8.96. The van der Waals surface area contributed by atoms with Crippen molar-refractivity contribution in [3.05, 3.63) is 0 Å². The van der Waals surface area contributed by atoms with Crippen molar-refractivity contribution in [1.29, 1.82) is 0 Å². The van der Waals surface area contributed by atoms with E-state index in [2.05, 4.69) is 25.8 Å². The zero-order valence-corrected chi connectivity index (χ0v) is 6.98. The molecule has 0 spiro atoms. The van der Waals surface area contributed by atoms with E-state index in [9.17, 15) is 0 Å². The summed E-state index contributed by atoms with van der Waals surface area (Å²) in [4.78, 5) is 2.39. The maximum absolute atomic E-state index is 2.39. The van der Waals surface area contributed by atoms with Gasteiger partial charge in [-0.15, -0.1) is 0 Å². The van der Waals surface area contributed by atoms with E-state index in [1.807, 2.05) is 0 Å². The molecule has 0 aliphatic rings. The summed E-state index contributed by atoms with van der Waals surface area (Å²) in [6.07, 6.45) is 3.94. The van der Waals surface area contributed by atoms with E-state index in [-0.39, 0.29) is 7.43 Å². The fourth-order valence-corrected chi connectivity index (χ4v) is 0.922. The number of unbranched alkanes of at least 4 members (excludes halogenated alkanes) is 1. The molecule has 0 aromatic rings. The van der Waals surface area contributed by atoms with Crippen LogP contribution in [-0.2, 0) is 0 Å². The molecule has 1 nitrogen and oxygen atoms in total. The Hall–Kier alpha value is -0.0400. The fraction of sp³-hybridized carbons (Fsp3) is 1.00. The lowest BCUT2D eigenvalue weighted by atomic mass is 10.3. The van der Waals surface area contributed by atoms with Gasteiger partial charge in [-0.05, 0) is 33.0 Å². The minimum Gasteiger partial charge on any atom is -0.306 e. The van der Waals surface area contributed by atoms with E-state index in [0.717, 1.165) is 0 Å². The monoisotopic (exact) mass is 145 g/mol. The Kier molecular flexibility index (Phi) is 11.3. The SMILES string of the molecule is C.CCCCN(C)CCC. The largest absolute Gasteiger partial charge is 0.306 e. The van der Waals surface area contributed by atoms with Crippen molar-refractivity contribution in [2.75, 3.05) is 20.1 Å². The summed E-state index contributed by atoms with van der Waals surface area (Å²) in [5, 5.41) is 0. The third-order valence-corrected chi connectivity index (χ3v) is 1.50. The van der Waals surface area contributed by atoms with Gasteiger partial charge in [0.25, 0.3) is 0 Å². The zero-order chi connectivity index (χ0) is 7.11. The quantitative estimate of drug-likeness (QED) is 0.575. The predicted octanol–water partition coefficient (Wildman–Crippen LogP) is 2.76. The number of rotatable bonds is 5. The first-order valence-corrected chi connectivity index (χ1v) is 3.99. The van der Waals surface area contributed by atoms with Crippen molar-refractivity contribution in [1.82, 2.24) is 4.90 Å². The van der Waals surface area contributed by atoms with Gasteiger partial charge in [0.2, 0.25) is 0 Å². The summed E-state index contributed by atoms with van der Waals surface area (Å²) in [6.45, 7) is 6.98. The van der Waals surface area contributed by atoms with Crippen LogP contribution in [0.5, 0.6) is 0 Å². The Balaban J connectivity index is 0. The van der Waals surface area contributed by atoms with Gasteiger partial charge in [0.15, 0.2) is 0 Å². The molecule has 0 aromatic heterocycles. The molecule has 0 saturated heterocycles. The summed E-state index contributed by atoms with van der Waals surface area (Å²) in [5.41, 5.74) is 0. The minimum absolute atomic E-state index is 0. The average molecular weight is 145 g/mol. The van der Waals surface area contributed by atoms with Gasteiger partial charge in [-0.3, -0.25) is 0 Å². The molecular weight excluding hydrogens is 122 g/mol. The van der Waals surface area contributed by atoms with Crippen LogP contribution in [0.3, 0.4) is 0 Å². The van der Waals surface area contributed by atoms with Crippen molar-refractivity contribution in [2.45, 2.75) is 40.5 Å².